The van der Waals surface area contributed by atoms with Crippen LogP contribution in [0.1, 0.15) is 73.1 Å². The second-order valence-electron chi connectivity index (χ2n) is 9.14. The van der Waals surface area contributed by atoms with Gasteiger partial charge in [0.25, 0.3) is 0 Å². The lowest BCUT2D eigenvalue weighted by Crippen LogP contribution is -2.30. The average Bonchev–Trinajstić information content (AvgIpc) is 2.81. The largest absolute Gasteiger partial charge is 0.366 e. The third-order valence-electron chi connectivity index (χ3n) is 6.14. The first-order valence-corrected chi connectivity index (χ1v) is 15.1. The van der Waals surface area contributed by atoms with Gasteiger partial charge in [-0.05, 0) is 91.7 Å². The Morgan fingerprint density at radius 3 is 2.51 bits per heavy atom. The molecule has 1 atom stereocenters. The van der Waals surface area contributed by atoms with Crippen LogP contribution in [0.3, 0.4) is 0 Å². The van der Waals surface area contributed by atoms with Crippen LogP contribution in [0.25, 0.3) is 11.6 Å². The third kappa shape index (κ3) is 9.34. The second kappa shape index (κ2) is 14.7. The van der Waals surface area contributed by atoms with Crippen molar-refractivity contribution in [2.45, 2.75) is 71.3 Å². The molecule has 35 heavy (non-hydrogen) atoms. The highest BCUT2D eigenvalue weighted by molar-refractivity contribution is 8.76. The van der Waals surface area contributed by atoms with Crippen molar-refractivity contribution < 1.29 is 9.84 Å². The van der Waals surface area contributed by atoms with Crippen LogP contribution in [-0.2, 0) is 36.2 Å². The van der Waals surface area contributed by atoms with Gasteiger partial charge in [-0.3, -0.25) is 0 Å². The molecule has 0 spiro atoms. The maximum absolute atomic E-state index is 10.9. The van der Waals surface area contributed by atoms with Crippen LogP contribution in [0, 0.1) is 0 Å². The SMILES string of the molecule is C=CCc1cc(CCOC(C)(O)CCc2cc(/C=C\C)c(CC)c(CSSC)c2)ccc1C(=C)C. The Morgan fingerprint density at radius 2 is 1.89 bits per heavy atom. The maximum atomic E-state index is 10.9. The van der Waals surface area contributed by atoms with Gasteiger partial charge in [-0.2, -0.15) is 0 Å². The fraction of sp³-hybridized carbons (Fsp3) is 0.419. The van der Waals surface area contributed by atoms with Crippen molar-refractivity contribution in [2.24, 2.45) is 0 Å². The predicted molar refractivity (Wildman–Crippen MR) is 159 cm³/mol. The molecule has 2 aromatic rings. The first-order chi connectivity index (χ1) is 16.7. The van der Waals surface area contributed by atoms with Gasteiger partial charge in [0.15, 0.2) is 5.79 Å². The number of hydrogen-bond acceptors (Lipinski definition) is 4. The van der Waals surface area contributed by atoms with E-state index in [2.05, 4.69) is 75.7 Å². The van der Waals surface area contributed by atoms with Crippen molar-refractivity contribution in [3.05, 3.63) is 94.6 Å². The predicted octanol–water partition coefficient (Wildman–Crippen LogP) is 8.46. The quantitative estimate of drug-likeness (QED) is 0.148. The van der Waals surface area contributed by atoms with Crippen LogP contribution < -0.4 is 0 Å². The summed E-state index contributed by atoms with van der Waals surface area (Å²) in [6, 6.07) is 11.0. The lowest BCUT2D eigenvalue weighted by Gasteiger charge is -2.24. The van der Waals surface area contributed by atoms with E-state index in [4.69, 9.17) is 4.74 Å². The summed E-state index contributed by atoms with van der Waals surface area (Å²) < 4.78 is 5.95. The van der Waals surface area contributed by atoms with E-state index in [-0.39, 0.29) is 0 Å². The molecule has 0 bridgehead atoms. The highest BCUT2D eigenvalue weighted by Crippen LogP contribution is 2.30. The van der Waals surface area contributed by atoms with E-state index in [1.165, 1.54) is 38.9 Å². The van der Waals surface area contributed by atoms with Crippen molar-refractivity contribution >= 4 is 33.2 Å². The monoisotopic (exact) mass is 510 g/mol. The second-order valence-corrected chi connectivity index (χ2v) is 11.7. The minimum Gasteiger partial charge on any atom is -0.366 e. The standard InChI is InChI=1S/C31H42O2S2/c1-8-11-26-20-25(21-28(22-35-34-7)29(26)10-3)15-17-31(6,32)33-18-16-24-13-14-30(23(4)5)27(19-24)12-9-2/h8-9,11,13-14,19-21,32H,2,4,10,12,15-18,22H2,1,3,5-7H3/b11-8-. The van der Waals surface area contributed by atoms with Gasteiger partial charge < -0.3 is 9.84 Å². The Kier molecular flexibility index (Phi) is 12.4. The summed E-state index contributed by atoms with van der Waals surface area (Å²) in [5, 5.41) is 10.9. The molecule has 190 valence electrons. The first kappa shape index (κ1) is 29.5. The van der Waals surface area contributed by atoms with Gasteiger partial charge in [0, 0.05) is 12.2 Å². The highest BCUT2D eigenvalue weighted by atomic mass is 33.1. The molecule has 2 nitrogen and oxygen atoms in total. The van der Waals surface area contributed by atoms with Crippen LogP contribution >= 0.6 is 21.6 Å². The summed E-state index contributed by atoms with van der Waals surface area (Å²) in [5.74, 6) is -0.173. The van der Waals surface area contributed by atoms with Crippen molar-refractivity contribution in [3.63, 3.8) is 0 Å². The Bertz CT molecular complexity index is 1020. The molecule has 0 fully saturated rings. The molecule has 0 aliphatic heterocycles. The zero-order chi connectivity index (χ0) is 25.8. The van der Waals surface area contributed by atoms with Crippen LogP contribution in [0.2, 0.25) is 0 Å². The minimum atomic E-state index is -1.17. The lowest BCUT2D eigenvalue weighted by atomic mass is 9.93. The van der Waals surface area contributed by atoms with Crippen molar-refractivity contribution in [3.8, 4) is 0 Å². The van der Waals surface area contributed by atoms with E-state index < -0.39 is 5.79 Å². The van der Waals surface area contributed by atoms with E-state index in [1.54, 1.807) is 17.7 Å². The number of allylic oxidation sites excluding steroid dienone is 3. The van der Waals surface area contributed by atoms with Gasteiger partial charge in [-0.1, -0.05) is 89.2 Å². The molecular formula is C31H42O2S2. The molecule has 0 radical (unpaired) electrons. The molecule has 0 aliphatic carbocycles. The van der Waals surface area contributed by atoms with E-state index >= 15 is 0 Å². The molecule has 0 saturated heterocycles. The van der Waals surface area contributed by atoms with Crippen molar-refractivity contribution in [2.75, 3.05) is 12.9 Å². The molecule has 2 aromatic carbocycles. The topological polar surface area (TPSA) is 29.5 Å². The molecule has 0 saturated carbocycles. The molecular weight excluding hydrogens is 468 g/mol. The molecule has 0 aliphatic rings. The molecule has 0 heterocycles. The molecule has 0 aromatic heterocycles. The summed E-state index contributed by atoms with van der Waals surface area (Å²) >= 11 is 0. The van der Waals surface area contributed by atoms with E-state index in [0.29, 0.717) is 13.0 Å². The average molecular weight is 511 g/mol. The third-order valence-corrected chi connectivity index (χ3v) is 7.87. The van der Waals surface area contributed by atoms with Crippen molar-refractivity contribution in [1.29, 1.82) is 0 Å². The van der Waals surface area contributed by atoms with Crippen LogP contribution in [0.4, 0.5) is 0 Å². The van der Waals surface area contributed by atoms with Gasteiger partial charge in [-0.15, -0.1) is 6.58 Å². The number of hydrogen-bond donors (Lipinski definition) is 1. The molecule has 1 N–H and O–H groups in total. The Hall–Kier alpha value is -1.72. The fourth-order valence-electron chi connectivity index (χ4n) is 4.36. The van der Waals surface area contributed by atoms with Crippen LogP contribution in [-0.4, -0.2) is 23.8 Å². The Labute approximate surface area is 221 Å². The van der Waals surface area contributed by atoms with E-state index in [1.807, 2.05) is 23.8 Å². The number of benzene rings is 2. The molecule has 4 heteroatoms. The Morgan fingerprint density at radius 1 is 1.14 bits per heavy atom. The van der Waals surface area contributed by atoms with Crippen molar-refractivity contribution in [1.82, 2.24) is 0 Å². The molecule has 0 amide bonds. The van der Waals surface area contributed by atoms with E-state index in [0.717, 1.165) is 37.0 Å². The summed E-state index contributed by atoms with van der Waals surface area (Å²) in [6.45, 7) is 16.5. The fourth-order valence-corrected chi connectivity index (χ4v) is 5.60. The summed E-state index contributed by atoms with van der Waals surface area (Å²) in [7, 11) is 3.67. The molecule has 2 rings (SSSR count). The summed E-state index contributed by atoms with van der Waals surface area (Å²) in [5.41, 5.74) is 10.0. The maximum Gasteiger partial charge on any atom is 0.162 e. The van der Waals surface area contributed by atoms with Gasteiger partial charge >= 0.3 is 0 Å². The van der Waals surface area contributed by atoms with Gasteiger partial charge in [0.1, 0.15) is 0 Å². The number of ether oxygens (including phenoxy) is 1. The van der Waals surface area contributed by atoms with Gasteiger partial charge in [0.05, 0.1) is 6.61 Å². The lowest BCUT2D eigenvalue weighted by molar-refractivity contribution is -0.192. The van der Waals surface area contributed by atoms with Crippen LogP contribution in [0.5, 0.6) is 0 Å². The van der Waals surface area contributed by atoms with Gasteiger partial charge in [0.2, 0.25) is 0 Å². The highest BCUT2D eigenvalue weighted by Gasteiger charge is 2.21. The minimum absolute atomic E-state index is 0.473. The molecule has 1 unspecified atom stereocenters. The Balaban J connectivity index is 2.04. The normalized spacial score (nSPS) is 13.2. The van der Waals surface area contributed by atoms with Crippen LogP contribution in [0.15, 0.2) is 55.6 Å². The number of aliphatic hydroxyl groups is 1. The number of aryl methyl sites for hydroxylation is 1. The summed E-state index contributed by atoms with van der Waals surface area (Å²) in [4.78, 5) is 0. The zero-order valence-corrected chi connectivity index (χ0v) is 23.8. The van der Waals surface area contributed by atoms with E-state index in [9.17, 15) is 5.11 Å². The number of rotatable bonds is 15. The summed E-state index contributed by atoms with van der Waals surface area (Å²) in [6.07, 6.45) is 12.3. The first-order valence-electron chi connectivity index (χ1n) is 12.4. The zero-order valence-electron chi connectivity index (χ0n) is 22.2. The smallest absolute Gasteiger partial charge is 0.162 e. The van der Waals surface area contributed by atoms with Gasteiger partial charge in [-0.25, -0.2) is 0 Å².